The maximum absolute atomic E-state index is 2.58. The van der Waals surface area contributed by atoms with Crippen LogP contribution in [0.3, 0.4) is 0 Å². The van der Waals surface area contributed by atoms with Crippen molar-refractivity contribution in [3.8, 4) is 44.5 Å². The van der Waals surface area contributed by atoms with E-state index in [1.807, 2.05) is 0 Å². The molecule has 0 heterocycles. The Kier molecular flexibility index (Phi) is 7.37. The minimum Gasteiger partial charge on any atom is -0.0619 e. The van der Waals surface area contributed by atoms with Crippen molar-refractivity contribution in [1.82, 2.24) is 0 Å². The summed E-state index contributed by atoms with van der Waals surface area (Å²) in [4.78, 5) is 0. The van der Waals surface area contributed by atoms with Gasteiger partial charge in [0.15, 0.2) is 0 Å². The lowest BCUT2D eigenvalue weighted by Crippen LogP contribution is -2.28. The zero-order valence-corrected chi connectivity index (χ0v) is 35.2. The summed E-state index contributed by atoms with van der Waals surface area (Å²) in [5.74, 6) is 0. The molecule has 14 rings (SSSR count). The van der Waals surface area contributed by atoms with E-state index in [1.165, 1.54) is 163 Å². The van der Waals surface area contributed by atoms with Crippen LogP contribution in [0.15, 0.2) is 170 Å². The van der Waals surface area contributed by atoms with Gasteiger partial charge in [-0.2, -0.15) is 0 Å². The van der Waals surface area contributed by atoms with Crippen molar-refractivity contribution in [2.24, 2.45) is 0 Å². The summed E-state index contributed by atoms with van der Waals surface area (Å²) in [6, 6.07) is 66.4. The standard InChI is InChI=1S/C62H48/c1-11-31-61(32-12-1)55-21-9-7-17-47(55)49-29-25-41(37-57(49)61)39-23-27-45-46-28-24-40(42-26-30-50-48-18-8-10-22-56(48)62(58(50)38-42)33-13-2-14-34-62)36-54(46)60-52-20-6-4-16-44(52)43-15-3-5-19-51(43)59(60)53(45)35-39/h3-10,15-30,35-38H,1-2,11-14,31-34H2. The SMILES string of the molecule is c1ccc2c(c1)-c1ccc(-c3ccc4c5ccc(-c6ccc7c(c6)C6(CCCCC6)c6ccccc6-7)cc5c5c6ccccc6c6ccccc6c5c4c3)cc1C21CCCCC1. The molecule has 62 heavy (non-hydrogen) atoms. The van der Waals surface area contributed by atoms with Crippen LogP contribution in [0.1, 0.15) is 86.5 Å². The van der Waals surface area contributed by atoms with Crippen molar-refractivity contribution in [2.75, 3.05) is 0 Å². The Bertz CT molecular complexity index is 3300. The highest BCUT2D eigenvalue weighted by molar-refractivity contribution is 6.39. The summed E-state index contributed by atoms with van der Waals surface area (Å²) in [5, 5.41) is 13.4. The average Bonchev–Trinajstić information content (AvgIpc) is 3.76. The molecule has 0 amide bonds. The van der Waals surface area contributed by atoms with E-state index in [0.717, 1.165) is 0 Å². The van der Waals surface area contributed by atoms with E-state index in [4.69, 9.17) is 0 Å². The van der Waals surface area contributed by atoms with Crippen LogP contribution in [0.25, 0.3) is 98.4 Å². The van der Waals surface area contributed by atoms with Gasteiger partial charge in [-0.25, -0.2) is 0 Å². The van der Waals surface area contributed by atoms with Gasteiger partial charge in [0.05, 0.1) is 0 Å². The van der Waals surface area contributed by atoms with Gasteiger partial charge in [-0.3, -0.25) is 0 Å². The lowest BCUT2D eigenvalue weighted by Gasteiger charge is -2.36. The molecule has 0 atom stereocenters. The van der Waals surface area contributed by atoms with Gasteiger partial charge in [0.25, 0.3) is 0 Å². The summed E-state index contributed by atoms with van der Waals surface area (Å²) >= 11 is 0. The molecule has 0 radical (unpaired) electrons. The molecule has 0 nitrogen and oxygen atoms in total. The predicted octanol–water partition coefficient (Wildman–Crippen LogP) is 17.2. The molecule has 4 aliphatic rings. The molecule has 2 spiro atoms. The Morgan fingerprint density at radius 1 is 0.242 bits per heavy atom. The molecule has 0 saturated heterocycles. The van der Waals surface area contributed by atoms with E-state index in [9.17, 15) is 0 Å². The van der Waals surface area contributed by atoms with E-state index in [2.05, 4.69) is 170 Å². The molecule has 2 saturated carbocycles. The summed E-state index contributed by atoms with van der Waals surface area (Å²) in [6.45, 7) is 0. The van der Waals surface area contributed by atoms with Gasteiger partial charge in [-0.05, 0) is 171 Å². The van der Waals surface area contributed by atoms with Crippen LogP contribution in [0.4, 0.5) is 0 Å². The third-order valence-electron chi connectivity index (χ3n) is 16.4. The lowest BCUT2D eigenvalue weighted by molar-refractivity contribution is 0.353. The Balaban J connectivity index is 1.01. The van der Waals surface area contributed by atoms with E-state index >= 15 is 0 Å². The quantitative estimate of drug-likeness (QED) is 0.153. The van der Waals surface area contributed by atoms with Crippen LogP contribution in [-0.4, -0.2) is 0 Å². The van der Waals surface area contributed by atoms with Crippen molar-refractivity contribution in [1.29, 1.82) is 0 Å². The zero-order valence-electron chi connectivity index (χ0n) is 35.2. The minimum absolute atomic E-state index is 0.132. The smallest absolute Gasteiger partial charge is 0.0215 e. The number of hydrogen-bond donors (Lipinski definition) is 0. The molecule has 0 bridgehead atoms. The molecular weight excluding hydrogens is 745 g/mol. The number of hydrogen-bond acceptors (Lipinski definition) is 0. The normalized spacial score (nSPS) is 17.0. The molecule has 0 aliphatic heterocycles. The Morgan fingerprint density at radius 2 is 0.581 bits per heavy atom. The molecule has 10 aromatic rings. The van der Waals surface area contributed by atoms with Crippen LogP contribution < -0.4 is 0 Å². The van der Waals surface area contributed by atoms with Crippen LogP contribution >= 0.6 is 0 Å². The molecule has 2 fully saturated rings. The summed E-state index contributed by atoms with van der Waals surface area (Å²) in [7, 11) is 0. The number of rotatable bonds is 2. The maximum Gasteiger partial charge on any atom is 0.0215 e. The monoisotopic (exact) mass is 792 g/mol. The highest BCUT2D eigenvalue weighted by Gasteiger charge is 2.45. The highest BCUT2D eigenvalue weighted by Crippen LogP contribution is 2.58. The third kappa shape index (κ3) is 4.68. The fraction of sp³-hybridized carbons (Fsp3) is 0.194. The fourth-order valence-electron chi connectivity index (χ4n) is 13.7. The van der Waals surface area contributed by atoms with Gasteiger partial charge in [0, 0.05) is 10.8 Å². The molecule has 10 aromatic carbocycles. The fourth-order valence-corrected chi connectivity index (χ4v) is 13.7. The summed E-state index contributed by atoms with van der Waals surface area (Å²) in [6.07, 6.45) is 12.9. The lowest BCUT2D eigenvalue weighted by atomic mass is 9.67. The molecular formula is C62H48. The van der Waals surface area contributed by atoms with Crippen molar-refractivity contribution < 1.29 is 0 Å². The van der Waals surface area contributed by atoms with Crippen molar-refractivity contribution in [3.05, 3.63) is 192 Å². The Morgan fingerprint density at radius 3 is 1.03 bits per heavy atom. The van der Waals surface area contributed by atoms with Gasteiger partial charge < -0.3 is 0 Å². The van der Waals surface area contributed by atoms with E-state index in [-0.39, 0.29) is 10.8 Å². The highest BCUT2D eigenvalue weighted by atomic mass is 14.5. The topological polar surface area (TPSA) is 0 Å². The first-order valence-electron chi connectivity index (χ1n) is 23.4. The largest absolute Gasteiger partial charge is 0.0619 e. The Labute approximate surface area is 363 Å². The average molecular weight is 793 g/mol. The predicted molar refractivity (Wildman–Crippen MR) is 263 cm³/mol. The molecule has 0 unspecified atom stereocenters. The molecule has 0 aromatic heterocycles. The van der Waals surface area contributed by atoms with E-state index in [0.29, 0.717) is 0 Å². The molecule has 4 aliphatic carbocycles. The van der Waals surface area contributed by atoms with Gasteiger partial charge in [0.2, 0.25) is 0 Å². The second kappa shape index (κ2) is 13.0. The van der Waals surface area contributed by atoms with Crippen molar-refractivity contribution >= 4 is 53.9 Å². The van der Waals surface area contributed by atoms with Gasteiger partial charge in [0.1, 0.15) is 0 Å². The van der Waals surface area contributed by atoms with Crippen LogP contribution in [-0.2, 0) is 10.8 Å². The second-order valence-corrected chi connectivity index (χ2v) is 19.3. The Hall–Kier alpha value is -6.50. The minimum atomic E-state index is 0.132. The number of fused-ring (bicyclic) bond motifs is 21. The van der Waals surface area contributed by atoms with Gasteiger partial charge in [-0.1, -0.05) is 184 Å². The van der Waals surface area contributed by atoms with Crippen molar-refractivity contribution in [3.63, 3.8) is 0 Å². The first-order valence-corrected chi connectivity index (χ1v) is 23.4. The maximum atomic E-state index is 2.58. The van der Waals surface area contributed by atoms with Crippen LogP contribution in [0.2, 0.25) is 0 Å². The first kappa shape index (κ1) is 35.1. The van der Waals surface area contributed by atoms with Crippen molar-refractivity contribution in [2.45, 2.75) is 75.0 Å². The van der Waals surface area contributed by atoms with Crippen LogP contribution in [0, 0.1) is 0 Å². The summed E-state index contributed by atoms with van der Waals surface area (Å²) < 4.78 is 0. The van der Waals surface area contributed by atoms with Gasteiger partial charge in [-0.15, -0.1) is 0 Å². The molecule has 296 valence electrons. The molecule has 0 heteroatoms. The van der Waals surface area contributed by atoms with Gasteiger partial charge >= 0.3 is 0 Å². The summed E-state index contributed by atoms with van der Waals surface area (Å²) in [5.41, 5.74) is 17.5. The van der Waals surface area contributed by atoms with E-state index < -0.39 is 0 Å². The van der Waals surface area contributed by atoms with E-state index in [1.54, 1.807) is 22.3 Å². The molecule has 0 N–H and O–H groups in total. The van der Waals surface area contributed by atoms with Crippen LogP contribution in [0.5, 0.6) is 0 Å². The zero-order chi connectivity index (χ0) is 40.6. The third-order valence-corrected chi connectivity index (χ3v) is 16.4. The first-order chi connectivity index (χ1) is 30.7. The second-order valence-electron chi connectivity index (χ2n) is 19.3. The number of benzene rings is 10.